The molecule has 7 heteroatoms. The minimum atomic E-state index is 0.229. The van der Waals surface area contributed by atoms with Gasteiger partial charge in [-0.1, -0.05) is 42.3 Å². The number of carbonyl (C=O) groups excluding carboxylic acids is 1. The summed E-state index contributed by atoms with van der Waals surface area (Å²) in [6, 6.07) is 8.00. The number of amides is 1. The molecule has 2 aromatic rings. The molecule has 1 aliphatic heterocycles. The summed E-state index contributed by atoms with van der Waals surface area (Å²) in [6.45, 7) is 5.35. The van der Waals surface area contributed by atoms with Crippen molar-refractivity contribution in [3.8, 4) is 11.4 Å². The van der Waals surface area contributed by atoms with Crippen molar-refractivity contribution in [2.45, 2.75) is 56.3 Å². The van der Waals surface area contributed by atoms with Crippen molar-refractivity contribution in [3.05, 3.63) is 41.9 Å². The molecule has 1 saturated heterocycles. The monoisotopic (exact) mass is 430 g/mol. The summed E-state index contributed by atoms with van der Waals surface area (Å²) >= 11 is 7.48. The van der Waals surface area contributed by atoms with E-state index in [9.17, 15) is 4.79 Å². The van der Waals surface area contributed by atoms with Crippen LogP contribution in [0.3, 0.4) is 0 Å². The second-order valence-corrected chi connectivity index (χ2v) is 9.22. The van der Waals surface area contributed by atoms with Crippen LogP contribution < -0.4 is 0 Å². The Bertz CT molecular complexity index is 864. The Morgan fingerprint density at radius 3 is 2.72 bits per heavy atom. The third kappa shape index (κ3) is 4.53. The van der Waals surface area contributed by atoms with Crippen molar-refractivity contribution in [2.24, 2.45) is 5.92 Å². The van der Waals surface area contributed by atoms with Crippen molar-refractivity contribution in [1.82, 2.24) is 19.7 Å². The maximum absolute atomic E-state index is 13.0. The van der Waals surface area contributed by atoms with Crippen molar-refractivity contribution >= 4 is 29.3 Å². The Labute approximate surface area is 181 Å². The lowest BCUT2D eigenvalue weighted by atomic mass is 9.78. The van der Waals surface area contributed by atoms with Crippen molar-refractivity contribution in [1.29, 1.82) is 0 Å². The molecule has 0 spiro atoms. The van der Waals surface area contributed by atoms with Crippen LogP contribution in [0.15, 0.2) is 42.1 Å². The molecule has 0 bridgehead atoms. The fourth-order valence-electron chi connectivity index (χ4n) is 4.65. The molecule has 2 unspecified atom stereocenters. The molecule has 2 aliphatic rings. The molecule has 2 fully saturated rings. The largest absolute Gasteiger partial charge is 0.339 e. The highest BCUT2D eigenvalue weighted by atomic mass is 35.5. The van der Waals surface area contributed by atoms with Gasteiger partial charge in [-0.25, -0.2) is 0 Å². The van der Waals surface area contributed by atoms with Crippen molar-refractivity contribution < 1.29 is 4.79 Å². The SMILES string of the molecule is C=CCn1c(SCC(=O)N2CCCC3CCCCC32)nnc1-c1ccc(Cl)cc1. The van der Waals surface area contributed by atoms with Crippen LogP contribution in [0.25, 0.3) is 11.4 Å². The second-order valence-electron chi connectivity index (χ2n) is 7.84. The summed E-state index contributed by atoms with van der Waals surface area (Å²) in [5.74, 6) is 2.10. The van der Waals surface area contributed by atoms with Gasteiger partial charge in [0.15, 0.2) is 11.0 Å². The van der Waals surface area contributed by atoms with E-state index in [1.54, 1.807) is 0 Å². The molecule has 0 radical (unpaired) electrons. The quantitative estimate of drug-likeness (QED) is 0.475. The van der Waals surface area contributed by atoms with E-state index in [0.29, 0.717) is 29.3 Å². The molecule has 4 rings (SSSR count). The van der Waals surface area contributed by atoms with Crippen molar-refractivity contribution in [2.75, 3.05) is 12.3 Å². The molecule has 1 amide bonds. The first-order chi connectivity index (χ1) is 14.2. The number of likely N-dealkylation sites (tertiary alicyclic amines) is 1. The van der Waals surface area contributed by atoms with Crippen LogP contribution in [0.1, 0.15) is 38.5 Å². The van der Waals surface area contributed by atoms with E-state index in [0.717, 1.165) is 35.9 Å². The molecule has 2 heterocycles. The van der Waals surface area contributed by atoms with Gasteiger partial charge in [0.05, 0.1) is 5.75 Å². The maximum atomic E-state index is 13.0. The number of piperidine rings is 1. The highest BCUT2D eigenvalue weighted by Crippen LogP contribution is 2.36. The molecular formula is C22H27ClN4OS. The van der Waals surface area contributed by atoms with Gasteiger partial charge in [-0.3, -0.25) is 9.36 Å². The second kappa shape index (κ2) is 9.35. The number of aromatic nitrogens is 3. The lowest BCUT2D eigenvalue weighted by molar-refractivity contribution is -0.134. The van der Waals surface area contributed by atoms with Gasteiger partial charge in [-0.2, -0.15) is 0 Å². The molecule has 0 N–H and O–H groups in total. The normalized spacial score (nSPS) is 21.6. The summed E-state index contributed by atoms with van der Waals surface area (Å²) < 4.78 is 2.01. The molecule has 1 aromatic carbocycles. The highest BCUT2D eigenvalue weighted by molar-refractivity contribution is 7.99. The first-order valence-electron chi connectivity index (χ1n) is 10.4. The Morgan fingerprint density at radius 1 is 1.17 bits per heavy atom. The van der Waals surface area contributed by atoms with Gasteiger partial charge in [0.2, 0.25) is 5.91 Å². The number of rotatable bonds is 6. The zero-order valence-corrected chi connectivity index (χ0v) is 18.2. The standard InChI is InChI=1S/C22H27ClN4OS/c1-2-13-27-21(17-9-11-18(23)12-10-17)24-25-22(27)29-15-20(28)26-14-5-7-16-6-3-4-8-19(16)26/h2,9-12,16,19H,1,3-8,13-15H2. The number of fused-ring (bicyclic) bond motifs is 1. The van der Waals surface area contributed by atoms with Crippen LogP contribution in [0.5, 0.6) is 0 Å². The number of nitrogens with zero attached hydrogens (tertiary/aromatic N) is 4. The molecule has 29 heavy (non-hydrogen) atoms. The van der Waals surface area contributed by atoms with Gasteiger partial charge >= 0.3 is 0 Å². The van der Waals surface area contributed by atoms with Crippen LogP contribution in [-0.2, 0) is 11.3 Å². The Kier molecular flexibility index (Phi) is 6.60. The molecule has 154 valence electrons. The highest BCUT2D eigenvalue weighted by Gasteiger charge is 2.35. The third-order valence-electron chi connectivity index (χ3n) is 6.02. The molecule has 2 atom stereocenters. The zero-order chi connectivity index (χ0) is 20.2. The Hall–Kier alpha value is -1.79. The number of allylic oxidation sites excluding steroid dienone is 1. The predicted octanol–water partition coefficient (Wildman–Crippen LogP) is 5.06. The van der Waals surface area contributed by atoms with Gasteiger partial charge in [-0.15, -0.1) is 16.8 Å². The smallest absolute Gasteiger partial charge is 0.233 e. The summed E-state index contributed by atoms with van der Waals surface area (Å²) in [4.78, 5) is 15.2. The van der Waals surface area contributed by atoms with Crippen LogP contribution in [0, 0.1) is 5.92 Å². The summed E-state index contributed by atoms with van der Waals surface area (Å²) in [7, 11) is 0. The average Bonchev–Trinajstić information content (AvgIpc) is 3.15. The molecular weight excluding hydrogens is 404 g/mol. The van der Waals surface area contributed by atoms with Crippen LogP contribution >= 0.6 is 23.4 Å². The zero-order valence-electron chi connectivity index (χ0n) is 16.6. The molecule has 1 saturated carbocycles. The van der Waals surface area contributed by atoms with Crippen LogP contribution in [-0.4, -0.2) is 43.9 Å². The average molecular weight is 431 g/mol. The fraction of sp³-hybridized carbons (Fsp3) is 0.500. The van der Waals surface area contributed by atoms with E-state index in [4.69, 9.17) is 11.6 Å². The third-order valence-corrected chi connectivity index (χ3v) is 7.22. The van der Waals surface area contributed by atoms with Crippen molar-refractivity contribution in [3.63, 3.8) is 0 Å². The minimum Gasteiger partial charge on any atom is -0.339 e. The van der Waals surface area contributed by atoms with E-state index in [1.807, 2.05) is 34.9 Å². The van der Waals surface area contributed by atoms with Gasteiger partial charge in [-0.05, 0) is 55.9 Å². The fourth-order valence-corrected chi connectivity index (χ4v) is 5.61. The minimum absolute atomic E-state index is 0.229. The summed E-state index contributed by atoms with van der Waals surface area (Å²) in [5.41, 5.74) is 0.947. The molecule has 1 aromatic heterocycles. The Morgan fingerprint density at radius 2 is 1.93 bits per heavy atom. The Balaban J connectivity index is 1.47. The number of halogens is 1. The van der Waals surface area contributed by atoms with Gasteiger partial charge in [0.25, 0.3) is 0 Å². The molecule has 5 nitrogen and oxygen atoms in total. The van der Waals surface area contributed by atoms with E-state index in [2.05, 4.69) is 21.7 Å². The van der Waals surface area contributed by atoms with E-state index >= 15 is 0 Å². The van der Waals surface area contributed by atoms with Crippen LogP contribution in [0.2, 0.25) is 5.02 Å². The topological polar surface area (TPSA) is 51.0 Å². The number of benzene rings is 1. The first-order valence-corrected chi connectivity index (χ1v) is 11.8. The maximum Gasteiger partial charge on any atom is 0.233 e. The van der Waals surface area contributed by atoms with Gasteiger partial charge < -0.3 is 4.90 Å². The van der Waals surface area contributed by atoms with E-state index in [1.165, 1.54) is 37.4 Å². The van der Waals surface area contributed by atoms with E-state index < -0.39 is 0 Å². The van der Waals surface area contributed by atoms with Gasteiger partial charge in [0.1, 0.15) is 0 Å². The molecule has 1 aliphatic carbocycles. The lowest BCUT2D eigenvalue weighted by Gasteiger charge is -2.44. The van der Waals surface area contributed by atoms with E-state index in [-0.39, 0.29) is 5.91 Å². The summed E-state index contributed by atoms with van der Waals surface area (Å²) in [5, 5.41) is 10.2. The predicted molar refractivity (Wildman–Crippen MR) is 118 cm³/mol. The number of thioether (sulfide) groups is 1. The number of carbonyl (C=O) groups is 1. The summed E-state index contributed by atoms with van der Waals surface area (Å²) in [6.07, 6.45) is 9.23. The lowest BCUT2D eigenvalue weighted by Crippen LogP contribution is -2.50. The number of hydrogen-bond acceptors (Lipinski definition) is 4. The first kappa shape index (κ1) is 20.5. The van der Waals surface area contributed by atoms with Crippen LogP contribution in [0.4, 0.5) is 0 Å². The number of hydrogen-bond donors (Lipinski definition) is 0. The van der Waals surface area contributed by atoms with Gasteiger partial charge in [0, 0.05) is 29.7 Å².